The van der Waals surface area contributed by atoms with Gasteiger partial charge in [-0.15, -0.1) is 11.8 Å². The molecule has 0 unspecified atom stereocenters. The van der Waals surface area contributed by atoms with E-state index in [1.54, 1.807) is 43.8 Å². The van der Waals surface area contributed by atoms with Crippen LogP contribution >= 0.6 is 23.5 Å². The number of carbonyl (C=O) groups is 1. The smallest absolute Gasteiger partial charge is 0.172 e. The van der Waals surface area contributed by atoms with Crippen molar-refractivity contribution in [3.8, 4) is 11.5 Å². The summed E-state index contributed by atoms with van der Waals surface area (Å²) in [5.74, 6) is 1.35. The third-order valence-corrected chi connectivity index (χ3v) is 5.50. The fourth-order valence-electron chi connectivity index (χ4n) is 2.50. The lowest BCUT2D eigenvalue weighted by atomic mass is 10.0. The zero-order valence-electron chi connectivity index (χ0n) is 12.6. The van der Waals surface area contributed by atoms with Gasteiger partial charge in [-0.1, -0.05) is 11.8 Å². The van der Waals surface area contributed by atoms with Crippen LogP contribution in [0.3, 0.4) is 0 Å². The van der Waals surface area contributed by atoms with Crippen LogP contribution < -0.4 is 9.47 Å². The standard InChI is InChI=1S/C17H16O3S2/c1-19-11-8-14(20-2)17-13(18)7-10-6-12(21-3)4-5-15(10)22-16(17)9-11/h4-6,8-9H,7H2,1-3H3. The van der Waals surface area contributed by atoms with Gasteiger partial charge in [0.2, 0.25) is 0 Å². The Labute approximate surface area is 138 Å². The van der Waals surface area contributed by atoms with E-state index in [2.05, 4.69) is 18.2 Å². The van der Waals surface area contributed by atoms with Gasteiger partial charge in [0, 0.05) is 27.2 Å². The van der Waals surface area contributed by atoms with Gasteiger partial charge in [-0.2, -0.15) is 0 Å². The van der Waals surface area contributed by atoms with Crippen LogP contribution in [0.1, 0.15) is 15.9 Å². The minimum absolute atomic E-state index is 0.0824. The van der Waals surface area contributed by atoms with E-state index < -0.39 is 0 Å². The van der Waals surface area contributed by atoms with Crippen molar-refractivity contribution in [3.05, 3.63) is 41.5 Å². The van der Waals surface area contributed by atoms with Crippen molar-refractivity contribution in [1.29, 1.82) is 0 Å². The summed E-state index contributed by atoms with van der Waals surface area (Å²) in [5, 5.41) is 0. The first kappa shape index (κ1) is 15.3. The number of fused-ring (bicyclic) bond motifs is 2. The number of thioether (sulfide) groups is 1. The van der Waals surface area contributed by atoms with Gasteiger partial charge >= 0.3 is 0 Å². The molecule has 2 aromatic carbocycles. The Hall–Kier alpha value is -1.59. The maximum Gasteiger partial charge on any atom is 0.172 e. The first-order valence-corrected chi connectivity index (χ1v) is 8.84. The van der Waals surface area contributed by atoms with Crippen LogP contribution in [-0.4, -0.2) is 26.3 Å². The Bertz CT molecular complexity index is 741. The van der Waals surface area contributed by atoms with Crippen LogP contribution in [0.5, 0.6) is 11.5 Å². The van der Waals surface area contributed by atoms with Gasteiger partial charge in [0.1, 0.15) is 11.5 Å². The highest BCUT2D eigenvalue weighted by molar-refractivity contribution is 7.99. The molecule has 0 spiro atoms. The van der Waals surface area contributed by atoms with Crippen LogP contribution in [0, 0.1) is 0 Å². The average molecular weight is 332 g/mol. The normalized spacial score (nSPS) is 13.1. The molecule has 1 aliphatic rings. The molecule has 0 aliphatic carbocycles. The molecular formula is C17H16O3S2. The highest BCUT2D eigenvalue weighted by atomic mass is 32.2. The largest absolute Gasteiger partial charge is 0.497 e. The summed E-state index contributed by atoms with van der Waals surface area (Å²) in [6.07, 6.45) is 2.43. The van der Waals surface area contributed by atoms with E-state index in [1.807, 2.05) is 12.3 Å². The number of hydrogen-bond donors (Lipinski definition) is 0. The second kappa shape index (κ2) is 6.26. The third-order valence-electron chi connectivity index (χ3n) is 3.61. The molecule has 1 heterocycles. The number of carbonyl (C=O) groups excluding carboxylic acids is 1. The summed E-state index contributed by atoms with van der Waals surface area (Å²) in [6, 6.07) is 9.93. The first-order chi connectivity index (χ1) is 10.7. The zero-order chi connectivity index (χ0) is 15.7. The maximum atomic E-state index is 12.7. The van der Waals surface area contributed by atoms with Crippen LogP contribution in [0.2, 0.25) is 0 Å². The van der Waals surface area contributed by atoms with E-state index in [4.69, 9.17) is 9.47 Å². The van der Waals surface area contributed by atoms with Crippen molar-refractivity contribution in [2.75, 3.05) is 20.5 Å². The SMILES string of the molecule is COc1cc(OC)c2c(c1)Sc1ccc(SC)cc1CC2=O. The molecule has 0 fully saturated rings. The van der Waals surface area contributed by atoms with E-state index >= 15 is 0 Å². The van der Waals surface area contributed by atoms with Gasteiger partial charge in [0.25, 0.3) is 0 Å². The summed E-state index contributed by atoms with van der Waals surface area (Å²) in [4.78, 5) is 15.9. The lowest BCUT2D eigenvalue weighted by Crippen LogP contribution is -2.06. The van der Waals surface area contributed by atoms with Crippen molar-refractivity contribution in [3.63, 3.8) is 0 Å². The fraction of sp³-hybridized carbons (Fsp3) is 0.235. The van der Waals surface area contributed by atoms with Gasteiger partial charge in [-0.3, -0.25) is 4.79 Å². The summed E-state index contributed by atoms with van der Waals surface area (Å²) in [6.45, 7) is 0. The van der Waals surface area contributed by atoms with E-state index in [-0.39, 0.29) is 5.78 Å². The molecule has 114 valence electrons. The molecule has 0 atom stereocenters. The van der Waals surface area contributed by atoms with E-state index in [0.717, 1.165) is 15.4 Å². The van der Waals surface area contributed by atoms with E-state index in [0.29, 0.717) is 23.5 Å². The van der Waals surface area contributed by atoms with Crippen molar-refractivity contribution >= 4 is 29.3 Å². The molecule has 1 aliphatic heterocycles. The van der Waals surface area contributed by atoms with E-state index in [9.17, 15) is 4.79 Å². The molecule has 0 saturated heterocycles. The number of Topliss-reactive ketones (excluding diaryl/α,β-unsaturated/α-hetero) is 1. The van der Waals surface area contributed by atoms with Crippen molar-refractivity contribution < 1.29 is 14.3 Å². The number of ether oxygens (including phenoxy) is 2. The van der Waals surface area contributed by atoms with Crippen LogP contribution in [0.4, 0.5) is 0 Å². The average Bonchev–Trinajstić information content (AvgIpc) is 2.68. The Morgan fingerprint density at radius 3 is 2.59 bits per heavy atom. The quantitative estimate of drug-likeness (QED) is 0.782. The molecule has 0 bridgehead atoms. The number of benzene rings is 2. The summed E-state index contributed by atoms with van der Waals surface area (Å²) < 4.78 is 10.7. The second-order valence-corrected chi connectivity index (χ2v) is 6.84. The Balaban J connectivity index is 2.15. The molecule has 0 amide bonds. The molecule has 2 aromatic rings. The fourth-order valence-corrected chi connectivity index (χ4v) is 4.09. The van der Waals surface area contributed by atoms with Gasteiger partial charge in [0.05, 0.1) is 19.8 Å². The van der Waals surface area contributed by atoms with Crippen LogP contribution in [-0.2, 0) is 6.42 Å². The molecule has 3 rings (SSSR count). The minimum atomic E-state index is 0.0824. The zero-order valence-corrected chi connectivity index (χ0v) is 14.3. The Kier molecular flexibility index (Phi) is 4.36. The van der Waals surface area contributed by atoms with Gasteiger partial charge in [0.15, 0.2) is 5.78 Å². The molecule has 0 saturated carbocycles. The van der Waals surface area contributed by atoms with Gasteiger partial charge < -0.3 is 9.47 Å². The molecule has 0 aromatic heterocycles. The molecule has 3 nitrogen and oxygen atoms in total. The lowest BCUT2D eigenvalue weighted by Gasteiger charge is -2.12. The van der Waals surface area contributed by atoms with Crippen molar-refractivity contribution in [2.45, 2.75) is 21.1 Å². The van der Waals surface area contributed by atoms with Crippen LogP contribution in [0.25, 0.3) is 0 Å². The number of rotatable bonds is 3. The predicted octanol–water partition coefficient (Wildman–Crippen LogP) is 4.32. The molecule has 0 radical (unpaired) electrons. The maximum absolute atomic E-state index is 12.7. The monoisotopic (exact) mass is 332 g/mol. The Morgan fingerprint density at radius 1 is 1.09 bits per heavy atom. The topological polar surface area (TPSA) is 35.5 Å². The first-order valence-electron chi connectivity index (χ1n) is 6.80. The third kappa shape index (κ3) is 2.71. The van der Waals surface area contributed by atoms with Crippen molar-refractivity contribution in [2.24, 2.45) is 0 Å². The number of hydrogen-bond acceptors (Lipinski definition) is 5. The molecule has 0 N–H and O–H groups in total. The molecule has 5 heteroatoms. The van der Waals surface area contributed by atoms with Crippen molar-refractivity contribution in [1.82, 2.24) is 0 Å². The van der Waals surface area contributed by atoms with Gasteiger partial charge in [-0.05, 0) is 36.1 Å². The summed E-state index contributed by atoms with van der Waals surface area (Å²) >= 11 is 3.28. The second-order valence-electron chi connectivity index (χ2n) is 4.88. The minimum Gasteiger partial charge on any atom is -0.497 e. The Morgan fingerprint density at radius 2 is 1.91 bits per heavy atom. The highest BCUT2D eigenvalue weighted by Crippen LogP contribution is 2.43. The predicted molar refractivity (Wildman–Crippen MR) is 89.9 cm³/mol. The summed E-state index contributed by atoms with van der Waals surface area (Å²) in [5.41, 5.74) is 1.72. The van der Waals surface area contributed by atoms with Gasteiger partial charge in [-0.25, -0.2) is 0 Å². The van der Waals surface area contributed by atoms with Crippen LogP contribution in [0.15, 0.2) is 45.0 Å². The molecule has 22 heavy (non-hydrogen) atoms. The highest BCUT2D eigenvalue weighted by Gasteiger charge is 2.25. The number of ketones is 1. The molecular weight excluding hydrogens is 316 g/mol. The lowest BCUT2D eigenvalue weighted by molar-refractivity contribution is 0.0987. The summed E-state index contributed by atoms with van der Waals surface area (Å²) in [7, 11) is 3.19. The number of methoxy groups -OCH3 is 2. The van der Waals surface area contributed by atoms with E-state index in [1.165, 1.54) is 4.90 Å².